The van der Waals surface area contributed by atoms with E-state index in [1.165, 1.54) is 19.3 Å². The first-order chi connectivity index (χ1) is 7.83. The third kappa shape index (κ3) is 2.90. The summed E-state index contributed by atoms with van der Waals surface area (Å²) in [6.45, 7) is 4.25. The maximum atomic E-state index is 5.24. The highest BCUT2D eigenvalue weighted by atomic mass is 15.3. The van der Waals surface area contributed by atoms with Gasteiger partial charge in [-0.2, -0.15) is 0 Å². The lowest BCUT2D eigenvalue weighted by atomic mass is 10.3. The topological polar surface area (TPSA) is 67.1 Å². The highest BCUT2D eigenvalue weighted by molar-refractivity contribution is 5.28. The predicted molar refractivity (Wildman–Crippen MR) is 63.6 cm³/mol. The zero-order chi connectivity index (χ0) is 11.4. The molecule has 1 aromatic heterocycles. The molecular weight excluding hydrogens is 202 g/mol. The summed E-state index contributed by atoms with van der Waals surface area (Å²) in [4.78, 5) is 11.0. The molecule has 0 radical (unpaired) electrons. The smallest absolute Gasteiger partial charge is 0.158 e. The Bertz CT molecular complexity index is 320. The van der Waals surface area contributed by atoms with Crippen LogP contribution in [0.1, 0.15) is 31.9 Å². The van der Waals surface area contributed by atoms with Crippen LogP contribution < -0.4 is 11.3 Å². The van der Waals surface area contributed by atoms with E-state index in [4.69, 9.17) is 5.84 Å². The number of nitrogens with two attached hydrogens (primary N) is 1. The van der Waals surface area contributed by atoms with Crippen LogP contribution in [0, 0.1) is 0 Å². The summed E-state index contributed by atoms with van der Waals surface area (Å²) in [6, 6.07) is 0.772. The van der Waals surface area contributed by atoms with Crippen LogP contribution in [0.3, 0.4) is 0 Å². The minimum absolute atomic E-state index is 0.609. The molecule has 0 saturated heterocycles. The molecule has 1 aromatic rings. The Morgan fingerprint density at radius 3 is 2.75 bits per heavy atom. The van der Waals surface area contributed by atoms with Crippen molar-refractivity contribution in [1.82, 2.24) is 14.9 Å². The van der Waals surface area contributed by atoms with Crippen molar-refractivity contribution in [1.29, 1.82) is 0 Å². The van der Waals surface area contributed by atoms with Crippen LogP contribution in [-0.2, 0) is 6.54 Å². The van der Waals surface area contributed by atoms with Crippen LogP contribution in [-0.4, -0.2) is 27.5 Å². The van der Waals surface area contributed by atoms with Gasteiger partial charge in [-0.25, -0.2) is 10.8 Å². The Hall–Kier alpha value is -1.20. The van der Waals surface area contributed by atoms with Crippen molar-refractivity contribution in [3.63, 3.8) is 0 Å². The maximum absolute atomic E-state index is 5.24. The van der Waals surface area contributed by atoms with Crippen molar-refractivity contribution in [2.75, 3.05) is 12.0 Å². The lowest BCUT2D eigenvalue weighted by molar-refractivity contribution is 0.252. The molecule has 0 aromatic carbocycles. The number of hydrazine groups is 1. The molecule has 0 unspecified atom stereocenters. The lowest BCUT2D eigenvalue weighted by Crippen LogP contribution is -2.26. The molecule has 0 amide bonds. The maximum Gasteiger partial charge on any atom is 0.158 e. The fourth-order valence-corrected chi connectivity index (χ4v) is 1.84. The number of nitrogen functional groups attached to an aromatic ring is 1. The molecule has 0 bridgehead atoms. The second-order valence-corrected chi connectivity index (χ2v) is 4.24. The molecule has 1 aliphatic rings. The Labute approximate surface area is 96.0 Å². The first kappa shape index (κ1) is 11.3. The highest BCUT2D eigenvalue weighted by Crippen LogP contribution is 2.27. The van der Waals surface area contributed by atoms with E-state index in [0.29, 0.717) is 5.82 Å². The number of nitrogens with one attached hydrogen (secondary N) is 1. The second-order valence-electron chi connectivity index (χ2n) is 4.24. The van der Waals surface area contributed by atoms with E-state index in [9.17, 15) is 0 Å². The molecule has 0 atom stereocenters. The van der Waals surface area contributed by atoms with E-state index >= 15 is 0 Å². The summed E-state index contributed by atoms with van der Waals surface area (Å²) < 4.78 is 0. The van der Waals surface area contributed by atoms with Crippen molar-refractivity contribution in [2.45, 2.75) is 38.8 Å². The normalized spacial score (nSPS) is 15.4. The summed E-state index contributed by atoms with van der Waals surface area (Å²) in [7, 11) is 0. The van der Waals surface area contributed by atoms with Crippen molar-refractivity contribution < 1.29 is 0 Å². The quantitative estimate of drug-likeness (QED) is 0.557. The summed E-state index contributed by atoms with van der Waals surface area (Å²) in [5, 5.41) is 0. The van der Waals surface area contributed by atoms with E-state index in [-0.39, 0.29) is 0 Å². The number of rotatable bonds is 6. The number of anilines is 1. The molecule has 5 nitrogen and oxygen atoms in total. The SMILES string of the molecule is CCCN(Cc1cnc(NN)cn1)C1CC1. The van der Waals surface area contributed by atoms with E-state index in [2.05, 4.69) is 27.2 Å². The largest absolute Gasteiger partial charge is 0.307 e. The van der Waals surface area contributed by atoms with Crippen molar-refractivity contribution in [3.05, 3.63) is 18.1 Å². The summed E-state index contributed by atoms with van der Waals surface area (Å²) in [6.07, 6.45) is 7.31. The first-order valence-electron chi connectivity index (χ1n) is 5.85. The van der Waals surface area contributed by atoms with Gasteiger partial charge in [0.05, 0.1) is 18.1 Å². The van der Waals surface area contributed by atoms with Crippen LogP contribution >= 0.6 is 0 Å². The molecule has 1 heterocycles. The van der Waals surface area contributed by atoms with Crippen LogP contribution in [0.4, 0.5) is 5.82 Å². The number of aromatic nitrogens is 2. The van der Waals surface area contributed by atoms with E-state index in [1.807, 2.05) is 0 Å². The summed E-state index contributed by atoms with van der Waals surface area (Å²) in [5.74, 6) is 5.85. The van der Waals surface area contributed by atoms with Gasteiger partial charge in [0.15, 0.2) is 5.82 Å². The number of hydrogen-bond donors (Lipinski definition) is 2. The molecule has 3 N–H and O–H groups in total. The Morgan fingerprint density at radius 2 is 2.25 bits per heavy atom. The Kier molecular flexibility index (Phi) is 3.69. The molecule has 2 rings (SSSR count). The van der Waals surface area contributed by atoms with Crippen molar-refractivity contribution in [3.8, 4) is 0 Å². The molecular formula is C11H19N5. The summed E-state index contributed by atoms with van der Waals surface area (Å²) >= 11 is 0. The van der Waals surface area contributed by atoms with Gasteiger partial charge in [-0.1, -0.05) is 6.92 Å². The summed E-state index contributed by atoms with van der Waals surface area (Å²) in [5.41, 5.74) is 3.49. The predicted octanol–water partition coefficient (Wildman–Crippen LogP) is 1.14. The minimum atomic E-state index is 0.609. The zero-order valence-corrected chi connectivity index (χ0v) is 9.69. The van der Waals surface area contributed by atoms with Crippen LogP contribution in [0.5, 0.6) is 0 Å². The second kappa shape index (κ2) is 5.23. The molecule has 0 spiro atoms. The fraction of sp³-hybridized carbons (Fsp3) is 0.636. The molecule has 16 heavy (non-hydrogen) atoms. The number of hydrogen-bond acceptors (Lipinski definition) is 5. The van der Waals surface area contributed by atoms with Gasteiger partial charge in [0, 0.05) is 12.6 Å². The third-order valence-electron chi connectivity index (χ3n) is 2.79. The Morgan fingerprint density at radius 1 is 1.44 bits per heavy atom. The standard InChI is InChI=1S/C11H19N5/c1-2-5-16(10-3-4-10)8-9-6-14-11(15-12)7-13-9/h6-7,10H,2-5,8,12H2,1H3,(H,14,15). The van der Waals surface area contributed by atoms with Gasteiger partial charge in [0.2, 0.25) is 0 Å². The monoisotopic (exact) mass is 221 g/mol. The molecule has 88 valence electrons. The highest BCUT2D eigenvalue weighted by Gasteiger charge is 2.28. The fourth-order valence-electron chi connectivity index (χ4n) is 1.84. The van der Waals surface area contributed by atoms with E-state index in [1.54, 1.807) is 12.4 Å². The number of nitrogens with zero attached hydrogens (tertiary/aromatic N) is 3. The van der Waals surface area contributed by atoms with Gasteiger partial charge in [0.1, 0.15) is 0 Å². The van der Waals surface area contributed by atoms with Gasteiger partial charge in [-0.3, -0.25) is 9.88 Å². The van der Waals surface area contributed by atoms with Crippen molar-refractivity contribution >= 4 is 5.82 Å². The molecule has 1 saturated carbocycles. The van der Waals surface area contributed by atoms with Crippen LogP contribution in [0.15, 0.2) is 12.4 Å². The lowest BCUT2D eigenvalue weighted by Gasteiger charge is -2.20. The van der Waals surface area contributed by atoms with Gasteiger partial charge >= 0.3 is 0 Å². The molecule has 1 aliphatic carbocycles. The van der Waals surface area contributed by atoms with Crippen LogP contribution in [0.25, 0.3) is 0 Å². The molecule has 5 heteroatoms. The first-order valence-corrected chi connectivity index (χ1v) is 5.85. The zero-order valence-electron chi connectivity index (χ0n) is 9.69. The van der Waals surface area contributed by atoms with Gasteiger partial charge in [0.25, 0.3) is 0 Å². The van der Waals surface area contributed by atoms with E-state index < -0.39 is 0 Å². The molecule has 0 aliphatic heterocycles. The third-order valence-corrected chi connectivity index (χ3v) is 2.79. The average Bonchev–Trinajstić information content (AvgIpc) is 3.13. The minimum Gasteiger partial charge on any atom is -0.307 e. The molecule has 1 fully saturated rings. The van der Waals surface area contributed by atoms with Crippen LogP contribution in [0.2, 0.25) is 0 Å². The van der Waals surface area contributed by atoms with Gasteiger partial charge < -0.3 is 5.43 Å². The van der Waals surface area contributed by atoms with Crippen molar-refractivity contribution in [2.24, 2.45) is 5.84 Å². The van der Waals surface area contributed by atoms with E-state index in [0.717, 1.165) is 24.8 Å². The average molecular weight is 221 g/mol. The van der Waals surface area contributed by atoms with Gasteiger partial charge in [-0.15, -0.1) is 0 Å². The Balaban J connectivity index is 1.94. The van der Waals surface area contributed by atoms with Gasteiger partial charge in [-0.05, 0) is 25.8 Å².